The number of ether oxygens (including phenoxy) is 1. The van der Waals surface area contributed by atoms with E-state index in [1.807, 2.05) is 0 Å². The van der Waals surface area contributed by atoms with E-state index in [4.69, 9.17) is 4.74 Å². The third-order valence-electron chi connectivity index (χ3n) is 3.98. The molecule has 1 N–H and O–H groups in total. The van der Waals surface area contributed by atoms with Crippen LogP contribution in [0.3, 0.4) is 0 Å². The van der Waals surface area contributed by atoms with Gasteiger partial charge in [-0.3, -0.25) is 4.79 Å². The average molecular weight is 378 g/mol. The molecule has 0 bridgehead atoms. The maximum atomic E-state index is 13.3. The summed E-state index contributed by atoms with van der Waals surface area (Å²) in [5.74, 6) is -0.852. The zero-order valence-electron chi connectivity index (χ0n) is 14.4. The zero-order chi connectivity index (χ0) is 19.6. The van der Waals surface area contributed by atoms with Gasteiger partial charge in [-0.25, -0.2) is 4.98 Å². The largest absolute Gasteiger partial charge is 0.491 e. The maximum Gasteiger partial charge on any atom is 0.449 e. The summed E-state index contributed by atoms with van der Waals surface area (Å²) in [7, 11) is 0. The Morgan fingerprint density at radius 1 is 1.22 bits per heavy atom. The minimum atomic E-state index is -4.64. The van der Waals surface area contributed by atoms with E-state index in [0.717, 1.165) is 4.57 Å². The first kappa shape index (κ1) is 18.9. The van der Waals surface area contributed by atoms with Crippen LogP contribution in [0.5, 0.6) is 5.75 Å². The lowest BCUT2D eigenvalue weighted by molar-refractivity contribution is -0.147. The van der Waals surface area contributed by atoms with Gasteiger partial charge in [0, 0.05) is 5.56 Å². The molecule has 0 saturated heterocycles. The number of aliphatic hydroxyl groups excluding tert-OH is 1. The lowest BCUT2D eigenvalue weighted by atomic mass is 10.1. The quantitative estimate of drug-likeness (QED) is 0.665. The fraction of sp³-hybridized carbons (Fsp3) is 0.263. The highest BCUT2D eigenvalue weighted by Gasteiger charge is 2.37. The van der Waals surface area contributed by atoms with Crippen LogP contribution in [0.1, 0.15) is 23.1 Å². The summed E-state index contributed by atoms with van der Waals surface area (Å²) in [5.41, 5.74) is 0.927. The van der Waals surface area contributed by atoms with E-state index < -0.39 is 18.1 Å². The van der Waals surface area contributed by atoms with Crippen LogP contribution in [0.2, 0.25) is 0 Å². The Bertz CT molecular complexity index is 966. The second-order valence-electron chi connectivity index (χ2n) is 6.08. The molecule has 1 heterocycles. The van der Waals surface area contributed by atoms with Crippen LogP contribution in [0.15, 0.2) is 48.5 Å². The molecule has 0 fully saturated rings. The van der Waals surface area contributed by atoms with E-state index in [2.05, 4.69) is 4.98 Å². The maximum absolute atomic E-state index is 13.3. The van der Waals surface area contributed by atoms with Crippen molar-refractivity contribution in [3.8, 4) is 5.75 Å². The summed E-state index contributed by atoms with van der Waals surface area (Å²) < 4.78 is 46.2. The Morgan fingerprint density at radius 2 is 1.96 bits per heavy atom. The highest BCUT2D eigenvalue weighted by Crippen LogP contribution is 2.31. The molecule has 0 spiro atoms. The smallest absolute Gasteiger partial charge is 0.449 e. The van der Waals surface area contributed by atoms with Crippen molar-refractivity contribution in [2.75, 3.05) is 6.61 Å². The molecule has 3 rings (SSSR count). The van der Waals surface area contributed by atoms with Gasteiger partial charge in [0.05, 0.1) is 17.6 Å². The third-order valence-corrected chi connectivity index (χ3v) is 3.98. The number of fused-ring (bicyclic) bond motifs is 1. The van der Waals surface area contributed by atoms with Gasteiger partial charge >= 0.3 is 6.18 Å². The van der Waals surface area contributed by atoms with Gasteiger partial charge in [0.25, 0.3) is 0 Å². The number of para-hydroxylation sites is 2. The molecule has 142 valence electrons. The summed E-state index contributed by atoms with van der Waals surface area (Å²) in [4.78, 5) is 15.0. The molecule has 0 aliphatic rings. The van der Waals surface area contributed by atoms with Crippen LogP contribution in [0, 0.1) is 0 Å². The fourth-order valence-corrected chi connectivity index (χ4v) is 2.74. The molecule has 27 heavy (non-hydrogen) atoms. The molecule has 0 unspecified atom stereocenters. The van der Waals surface area contributed by atoms with E-state index in [1.54, 1.807) is 30.3 Å². The first-order valence-electron chi connectivity index (χ1n) is 8.20. The van der Waals surface area contributed by atoms with E-state index >= 15 is 0 Å². The zero-order valence-corrected chi connectivity index (χ0v) is 14.4. The lowest BCUT2D eigenvalue weighted by Gasteiger charge is -2.16. The van der Waals surface area contributed by atoms with Gasteiger partial charge in [0.1, 0.15) is 18.5 Å². The Kier molecular flexibility index (Phi) is 5.18. The van der Waals surface area contributed by atoms with E-state index in [9.17, 15) is 23.1 Å². The number of aromatic nitrogens is 2. The molecular formula is C19H17F3N2O3. The molecule has 0 saturated carbocycles. The molecule has 0 amide bonds. The predicted octanol–water partition coefficient (Wildman–Crippen LogP) is 3.70. The fourth-order valence-electron chi connectivity index (χ4n) is 2.74. The van der Waals surface area contributed by atoms with Gasteiger partial charge in [-0.15, -0.1) is 0 Å². The van der Waals surface area contributed by atoms with E-state index in [1.165, 1.54) is 25.1 Å². The van der Waals surface area contributed by atoms with Crippen molar-refractivity contribution in [1.82, 2.24) is 9.55 Å². The van der Waals surface area contributed by atoms with Crippen LogP contribution >= 0.6 is 0 Å². The van der Waals surface area contributed by atoms with Gasteiger partial charge in [-0.05, 0) is 31.2 Å². The first-order valence-corrected chi connectivity index (χ1v) is 8.20. The summed E-state index contributed by atoms with van der Waals surface area (Å²) in [5, 5.41) is 10.2. The summed E-state index contributed by atoms with van der Waals surface area (Å²) in [6.07, 6.45) is -5.85. The highest BCUT2D eigenvalue weighted by atomic mass is 19.4. The normalized spacial score (nSPS) is 12.9. The van der Waals surface area contributed by atoms with Crippen LogP contribution in [0.25, 0.3) is 11.0 Å². The summed E-state index contributed by atoms with van der Waals surface area (Å²) in [6.45, 7) is 0.851. The molecule has 0 radical (unpaired) electrons. The SMILES string of the molecule is CC(=O)c1cccc(OC[C@@H](O)Cn2c(C(F)(F)F)nc3ccccc32)c1. The number of imidazole rings is 1. The topological polar surface area (TPSA) is 64.3 Å². The molecule has 2 aromatic carbocycles. The van der Waals surface area contributed by atoms with Crippen LogP contribution < -0.4 is 4.74 Å². The molecule has 8 heteroatoms. The second-order valence-corrected chi connectivity index (χ2v) is 6.08. The minimum absolute atomic E-state index is 0.138. The van der Waals surface area contributed by atoms with Gasteiger partial charge in [-0.2, -0.15) is 13.2 Å². The van der Waals surface area contributed by atoms with Crippen molar-refractivity contribution >= 4 is 16.8 Å². The summed E-state index contributed by atoms with van der Waals surface area (Å²) >= 11 is 0. The van der Waals surface area contributed by atoms with Crippen molar-refractivity contribution in [2.45, 2.75) is 25.7 Å². The number of rotatable bonds is 6. The lowest BCUT2D eigenvalue weighted by Crippen LogP contribution is -2.26. The number of halogens is 3. The van der Waals surface area contributed by atoms with Crippen molar-refractivity contribution in [3.63, 3.8) is 0 Å². The summed E-state index contributed by atoms with van der Waals surface area (Å²) in [6, 6.07) is 12.6. The molecule has 3 aromatic rings. The molecule has 0 aliphatic heterocycles. The molecule has 1 atom stereocenters. The van der Waals surface area contributed by atoms with Crippen LogP contribution in [0.4, 0.5) is 13.2 Å². The van der Waals surface area contributed by atoms with Crippen molar-refractivity contribution in [3.05, 3.63) is 59.9 Å². The Balaban J connectivity index is 1.77. The Hall–Kier alpha value is -2.87. The third kappa shape index (κ3) is 4.28. The monoisotopic (exact) mass is 378 g/mol. The van der Waals surface area contributed by atoms with Gasteiger partial charge in [0.15, 0.2) is 5.78 Å². The minimum Gasteiger partial charge on any atom is -0.491 e. The van der Waals surface area contributed by atoms with Crippen molar-refractivity contribution < 1.29 is 27.8 Å². The van der Waals surface area contributed by atoms with Crippen LogP contribution in [-0.4, -0.2) is 33.2 Å². The molecule has 0 aliphatic carbocycles. The van der Waals surface area contributed by atoms with Gasteiger partial charge in [0.2, 0.25) is 5.82 Å². The number of benzene rings is 2. The number of hydrogen-bond acceptors (Lipinski definition) is 4. The number of ketones is 1. The first-order chi connectivity index (χ1) is 12.8. The van der Waals surface area contributed by atoms with Crippen molar-refractivity contribution in [2.24, 2.45) is 0 Å². The predicted molar refractivity (Wildman–Crippen MR) is 92.7 cm³/mol. The number of nitrogens with zero attached hydrogens (tertiary/aromatic N) is 2. The number of carbonyl (C=O) groups is 1. The van der Waals surface area contributed by atoms with Crippen LogP contribution in [-0.2, 0) is 12.7 Å². The molecule has 1 aromatic heterocycles. The molecular weight excluding hydrogens is 361 g/mol. The number of aliphatic hydroxyl groups is 1. The van der Waals surface area contributed by atoms with Crippen molar-refractivity contribution in [1.29, 1.82) is 0 Å². The molecule has 5 nitrogen and oxygen atoms in total. The van der Waals surface area contributed by atoms with Gasteiger partial charge in [-0.1, -0.05) is 24.3 Å². The average Bonchev–Trinajstić information content (AvgIpc) is 2.99. The van der Waals surface area contributed by atoms with Gasteiger partial charge < -0.3 is 14.4 Å². The van der Waals surface area contributed by atoms with E-state index in [-0.39, 0.29) is 30.0 Å². The highest BCUT2D eigenvalue weighted by molar-refractivity contribution is 5.94. The number of hydrogen-bond donors (Lipinski definition) is 1. The number of Topliss-reactive ketones (excluding diaryl/α,β-unsaturated/α-hetero) is 1. The van der Waals surface area contributed by atoms with E-state index in [0.29, 0.717) is 11.3 Å². The number of alkyl halides is 3. The standard InChI is InChI=1S/C19H17F3N2O3/c1-12(25)13-5-4-6-15(9-13)27-11-14(26)10-24-17-8-3-2-7-16(17)23-18(24)19(20,21)22/h2-9,14,26H,10-11H2,1H3/t14-/m0/s1. The number of carbonyl (C=O) groups excluding carboxylic acids is 1. The Morgan fingerprint density at radius 3 is 2.67 bits per heavy atom. The Labute approximate surface area is 153 Å². The second kappa shape index (κ2) is 7.40.